The molecular weight excluding hydrogens is 205 g/mol. The molecule has 0 saturated heterocycles. The summed E-state index contributed by atoms with van der Waals surface area (Å²) in [6, 6.07) is 5.55. The summed E-state index contributed by atoms with van der Waals surface area (Å²) >= 11 is 11.8. The van der Waals surface area contributed by atoms with Crippen molar-refractivity contribution in [3.8, 4) is 0 Å². The van der Waals surface area contributed by atoms with Crippen molar-refractivity contribution >= 4 is 23.2 Å². The standard InChI is InChI=1S/C10H13Cl2N/c11-9-4-5-10(12)8(7-9)3-1-2-6-13/h4-5,7H,1-3,6,13H2. The van der Waals surface area contributed by atoms with Crippen LogP contribution in [-0.4, -0.2) is 6.54 Å². The lowest BCUT2D eigenvalue weighted by atomic mass is 10.1. The minimum absolute atomic E-state index is 0.734. The minimum atomic E-state index is 0.734. The van der Waals surface area contributed by atoms with Crippen LogP contribution in [0.15, 0.2) is 18.2 Å². The predicted molar refractivity (Wildman–Crippen MR) is 58.5 cm³/mol. The molecule has 1 aromatic carbocycles. The Hall–Kier alpha value is -0.240. The van der Waals surface area contributed by atoms with Crippen molar-refractivity contribution in [2.75, 3.05) is 6.54 Å². The Balaban J connectivity index is 2.59. The summed E-state index contributed by atoms with van der Waals surface area (Å²) in [7, 11) is 0. The first-order valence-corrected chi connectivity index (χ1v) is 5.13. The van der Waals surface area contributed by atoms with Crippen molar-refractivity contribution in [3.05, 3.63) is 33.8 Å². The van der Waals surface area contributed by atoms with Crippen LogP contribution >= 0.6 is 23.2 Å². The number of hydrogen-bond acceptors (Lipinski definition) is 1. The Morgan fingerprint density at radius 1 is 1.15 bits per heavy atom. The molecule has 13 heavy (non-hydrogen) atoms. The molecule has 72 valence electrons. The van der Waals surface area contributed by atoms with Crippen LogP contribution in [0.2, 0.25) is 10.0 Å². The van der Waals surface area contributed by atoms with Crippen LogP contribution in [-0.2, 0) is 6.42 Å². The average molecular weight is 218 g/mol. The molecular formula is C10H13Cl2N. The highest BCUT2D eigenvalue weighted by Crippen LogP contribution is 2.21. The zero-order valence-electron chi connectivity index (χ0n) is 7.39. The third-order valence-electron chi connectivity index (χ3n) is 1.91. The van der Waals surface area contributed by atoms with Gasteiger partial charge in [-0.2, -0.15) is 0 Å². The lowest BCUT2D eigenvalue weighted by Gasteiger charge is -2.03. The number of aryl methyl sites for hydroxylation is 1. The smallest absolute Gasteiger partial charge is 0.0439 e. The van der Waals surface area contributed by atoms with Crippen LogP contribution in [0.5, 0.6) is 0 Å². The number of benzene rings is 1. The molecule has 0 atom stereocenters. The molecule has 0 unspecified atom stereocenters. The molecule has 0 aliphatic carbocycles. The van der Waals surface area contributed by atoms with Crippen LogP contribution < -0.4 is 5.73 Å². The first-order chi connectivity index (χ1) is 6.24. The number of unbranched alkanes of at least 4 members (excludes halogenated alkanes) is 1. The van der Waals surface area contributed by atoms with Crippen molar-refractivity contribution in [2.24, 2.45) is 5.73 Å². The molecule has 0 bridgehead atoms. The van der Waals surface area contributed by atoms with E-state index in [1.807, 2.05) is 12.1 Å². The van der Waals surface area contributed by atoms with Gasteiger partial charge in [-0.15, -0.1) is 0 Å². The second-order valence-corrected chi connectivity index (χ2v) is 3.83. The largest absolute Gasteiger partial charge is 0.330 e. The highest BCUT2D eigenvalue weighted by atomic mass is 35.5. The van der Waals surface area contributed by atoms with Crippen molar-refractivity contribution in [3.63, 3.8) is 0 Å². The van der Waals surface area contributed by atoms with E-state index in [-0.39, 0.29) is 0 Å². The quantitative estimate of drug-likeness (QED) is 0.771. The third-order valence-corrected chi connectivity index (χ3v) is 2.51. The normalized spacial score (nSPS) is 10.4. The van der Waals surface area contributed by atoms with Crippen molar-refractivity contribution < 1.29 is 0 Å². The van der Waals surface area contributed by atoms with Crippen LogP contribution in [0.3, 0.4) is 0 Å². The molecule has 1 nitrogen and oxygen atoms in total. The van der Waals surface area contributed by atoms with Crippen LogP contribution in [0.1, 0.15) is 18.4 Å². The Morgan fingerprint density at radius 3 is 2.62 bits per heavy atom. The number of nitrogens with two attached hydrogens (primary N) is 1. The van der Waals surface area contributed by atoms with E-state index in [9.17, 15) is 0 Å². The second-order valence-electron chi connectivity index (χ2n) is 2.98. The molecule has 0 fully saturated rings. The molecule has 3 heteroatoms. The molecule has 0 heterocycles. The Morgan fingerprint density at radius 2 is 1.92 bits per heavy atom. The summed E-state index contributed by atoms with van der Waals surface area (Å²) in [5, 5.41) is 1.54. The molecule has 0 amide bonds. The van der Waals surface area contributed by atoms with Gasteiger partial charge in [0.15, 0.2) is 0 Å². The van der Waals surface area contributed by atoms with Gasteiger partial charge < -0.3 is 5.73 Å². The lowest BCUT2D eigenvalue weighted by Crippen LogP contribution is -1.99. The van der Waals surface area contributed by atoms with Gasteiger partial charge in [0, 0.05) is 10.0 Å². The topological polar surface area (TPSA) is 26.0 Å². The Labute approximate surface area is 88.8 Å². The van der Waals surface area contributed by atoms with E-state index >= 15 is 0 Å². The molecule has 0 aromatic heterocycles. The van der Waals surface area contributed by atoms with E-state index < -0.39 is 0 Å². The van der Waals surface area contributed by atoms with E-state index in [4.69, 9.17) is 28.9 Å². The molecule has 0 saturated carbocycles. The van der Waals surface area contributed by atoms with Gasteiger partial charge in [0.05, 0.1) is 0 Å². The van der Waals surface area contributed by atoms with E-state index in [0.717, 1.165) is 41.4 Å². The molecule has 0 aliphatic heterocycles. The Kier molecular flexibility index (Phi) is 4.57. The maximum atomic E-state index is 5.99. The zero-order chi connectivity index (χ0) is 9.68. The Bertz CT molecular complexity index is 274. The fourth-order valence-corrected chi connectivity index (χ4v) is 1.60. The SMILES string of the molecule is NCCCCc1cc(Cl)ccc1Cl. The second kappa shape index (κ2) is 5.48. The third kappa shape index (κ3) is 3.55. The summed E-state index contributed by atoms with van der Waals surface area (Å²) < 4.78 is 0. The van der Waals surface area contributed by atoms with Gasteiger partial charge in [0.25, 0.3) is 0 Å². The van der Waals surface area contributed by atoms with Crippen molar-refractivity contribution in [1.29, 1.82) is 0 Å². The van der Waals surface area contributed by atoms with Gasteiger partial charge in [-0.1, -0.05) is 23.2 Å². The van der Waals surface area contributed by atoms with Gasteiger partial charge >= 0.3 is 0 Å². The van der Waals surface area contributed by atoms with Crippen LogP contribution in [0.4, 0.5) is 0 Å². The van der Waals surface area contributed by atoms with E-state index in [0.29, 0.717) is 0 Å². The summed E-state index contributed by atoms with van der Waals surface area (Å²) in [6.07, 6.45) is 3.05. The summed E-state index contributed by atoms with van der Waals surface area (Å²) in [5.41, 5.74) is 6.52. The first-order valence-electron chi connectivity index (χ1n) is 4.38. The molecule has 0 spiro atoms. The number of hydrogen-bond donors (Lipinski definition) is 1. The van der Waals surface area contributed by atoms with E-state index in [2.05, 4.69) is 0 Å². The predicted octanol–water partition coefficient (Wildman–Crippen LogP) is 3.27. The van der Waals surface area contributed by atoms with E-state index in [1.165, 1.54) is 0 Å². The van der Waals surface area contributed by atoms with E-state index in [1.54, 1.807) is 6.07 Å². The maximum absolute atomic E-state index is 5.99. The van der Waals surface area contributed by atoms with Gasteiger partial charge in [0.2, 0.25) is 0 Å². The van der Waals surface area contributed by atoms with Gasteiger partial charge in [-0.25, -0.2) is 0 Å². The maximum Gasteiger partial charge on any atom is 0.0439 e. The zero-order valence-corrected chi connectivity index (χ0v) is 8.91. The first kappa shape index (κ1) is 10.8. The fraction of sp³-hybridized carbons (Fsp3) is 0.400. The number of rotatable bonds is 4. The molecule has 0 radical (unpaired) electrons. The highest BCUT2D eigenvalue weighted by Gasteiger charge is 2.00. The van der Waals surface area contributed by atoms with Crippen LogP contribution in [0.25, 0.3) is 0 Å². The van der Waals surface area contributed by atoms with Crippen LogP contribution in [0, 0.1) is 0 Å². The lowest BCUT2D eigenvalue weighted by molar-refractivity contribution is 0.745. The van der Waals surface area contributed by atoms with Crippen molar-refractivity contribution in [2.45, 2.75) is 19.3 Å². The molecule has 2 N–H and O–H groups in total. The molecule has 1 rings (SSSR count). The summed E-state index contributed by atoms with van der Waals surface area (Å²) in [6.45, 7) is 0.734. The highest BCUT2D eigenvalue weighted by molar-refractivity contribution is 6.33. The summed E-state index contributed by atoms with van der Waals surface area (Å²) in [4.78, 5) is 0. The minimum Gasteiger partial charge on any atom is -0.330 e. The van der Waals surface area contributed by atoms with Gasteiger partial charge in [0.1, 0.15) is 0 Å². The monoisotopic (exact) mass is 217 g/mol. The summed E-state index contributed by atoms with van der Waals surface area (Å²) in [5.74, 6) is 0. The number of halogens is 2. The molecule has 1 aromatic rings. The van der Waals surface area contributed by atoms with Gasteiger partial charge in [-0.3, -0.25) is 0 Å². The van der Waals surface area contributed by atoms with Crippen molar-refractivity contribution in [1.82, 2.24) is 0 Å². The van der Waals surface area contributed by atoms with Gasteiger partial charge in [-0.05, 0) is 49.6 Å². The average Bonchev–Trinajstić information content (AvgIpc) is 2.11. The molecule has 0 aliphatic rings. The fourth-order valence-electron chi connectivity index (χ4n) is 1.19.